The molecule has 1 N–H and O–H groups in total. The summed E-state index contributed by atoms with van der Waals surface area (Å²) in [5.74, 6) is 5.72. The maximum absolute atomic E-state index is 10.7. The lowest BCUT2D eigenvalue weighted by molar-refractivity contribution is -0.133. The number of carbonyl (C=O) groups is 1. The molecule has 0 bridgehead atoms. The van der Waals surface area contributed by atoms with Crippen molar-refractivity contribution in [2.45, 2.75) is 118 Å². The molecule has 0 spiro atoms. The molecule has 3 saturated carbocycles. The number of allylic oxidation sites excluding steroid dienone is 1. The molecule has 4 rings (SSSR count). The smallest absolute Gasteiger partial charge is 0.313 e. The summed E-state index contributed by atoms with van der Waals surface area (Å²) in [5.41, 5.74) is 2.67. The van der Waals surface area contributed by atoms with Crippen molar-refractivity contribution >= 4 is 17.7 Å². The van der Waals surface area contributed by atoms with E-state index in [-0.39, 0.29) is 5.75 Å². The molecule has 0 saturated heterocycles. The zero-order valence-corrected chi connectivity index (χ0v) is 24.7. The largest absolute Gasteiger partial charge is 0.481 e. The maximum atomic E-state index is 10.7. The summed E-state index contributed by atoms with van der Waals surface area (Å²) in [7, 11) is 0. The van der Waals surface area contributed by atoms with Gasteiger partial charge in [0.25, 0.3) is 0 Å². The number of hydrogen-bond acceptors (Lipinski definition) is 3. The van der Waals surface area contributed by atoms with E-state index in [1.165, 1.54) is 76.0 Å². The molecule has 3 nitrogen and oxygen atoms in total. The SMILES string of the molecule is CC(C)CCC[C@@H](C)[C@H]1CCC2C3CC=C4C[C@@H](OCCCSCC(=O)O)CC[C@]4(C)C3CC[C@@]21C. The van der Waals surface area contributed by atoms with Gasteiger partial charge in [0.05, 0.1) is 11.9 Å². The molecule has 0 amide bonds. The van der Waals surface area contributed by atoms with Gasteiger partial charge in [0.2, 0.25) is 0 Å². The number of aliphatic carboxylic acids is 1. The van der Waals surface area contributed by atoms with Crippen LogP contribution in [0.1, 0.15) is 112 Å². The molecule has 4 heteroatoms. The van der Waals surface area contributed by atoms with E-state index in [0.717, 1.165) is 60.7 Å². The number of carboxylic acids is 1. The molecule has 3 fully saturated rings. The Bertz CT molecular complexity index is 777. The third kappa shape index (κ3) is 6.05. The normalized spacial score (nSPS) is 38.7. The van der Waals surface area contributed by atoms with E-state index >= 15 is 0 Å². The average molecular weight is 519 g/mol. The minimum absolute atomic E-state index is 0.203. The van der Waals surface area contributed by atoms with Gasteiger partial charge in [-0.25, -0.2) is 0 Å². The van der Waals surface area contributed by atoms with Crippen molar-refractivity contribution in [3.8, 4) is 0 Å². The second-order valence-corrected chi connectivity index (χ2v) is 14.9. The van der Waals surface area contributed by atoms with Crippen molar-refractivity contribution in [3.05, 3.63) is 11.6 Å². The Morgan fingerprint density at radius 2 is 1.89 bits per heavy atom. The van der Waals surface area contributed by atoms with Gasteiger partial charge in [-0.05, 0) is 110 Å². The van der Waals surface area contributed by atoms with Gasteiger partial charge in [-0.3, -0.25) is 4.79 Å². The average Bonchev–Trinajstić information content (AvgIpc) is 3.18. The molecule has 0 aromatic carbocycles. The van der Waals surface area contributed by atoms with E-state index in [9.17, 15) is 4.79 Å². The van der Waals surface area contributed by atoms with Crippen LogP contribution in [0, 0.1) is 46.3 Å². The van der Waals surface area contributed by atoms with Gasteiger partial charge in [0, 0.05) is 6.61 Å². The number of carboxylic acid groups (broad SMARTS) is 1. The first-order valence-electron chi connectivity index (χ1n) is 15.3. The van der Waals surface area contributed by atoms with Crippen LogP contribution in [0.15, 0.2) is 11.6 Å². The van der Waals surface area contributed by atoms with Gasteiger partial charge in [-0.1, -0.05) is 65.5 Å². The molecule has 36 heavy (non-hydrogen) atoms. The van der Waals surface area contributed by atoms with Crippen molar-refractivity contribution in [2.24, 2.45) is 46.3 Å². The molecule has 0 heterocycles. The number of thioether (sulfide) groups is 1. The van der Waals surface area contributed by atoms with Crippen LogP contribution < -0.4 is 0 Å². The zero-order chi connectivity index (χ0) is 25.9. The highest BCUT2D eigenvalue weighted by Crippen LogP contribution is 2.67. The monoisotopic (exact) mass is 518 g/mol. The molecular weight excluding hydrogens is 464 g/mol. The van der Waals surface area contributed by atoms with Crippen LogP contribution in [-0.2, 0) is 9.53 Å². The second-order valence-electron chi connectivity index (χ2n) is 13.8. The van der Waals surface area contributed by atoms with Crippen molar-refractivity contribution in [2.75, 3.05) is 18.1 Å². The van der Waals surface area contributed by atoms with E-state index in [4.69, 9.17) is 9.84 Å². The van der Waals surface area contributed by atoms with Crippen LogP contribution in [0.5, 0.6) is 0 Å². The number of rotatable bonds is 12. The van der Waals surface area contributed by atoms with Crippen molar-refractivity contribution in [1.29, 1.82) is 0 Å². The Morgan fingerprint density at radius 1 is 1.08 bits per heavy atom. The first kappa shape index (κ1) is 28.5. The predicted molar refractivity (Wildman–Crippen MR) is 152 cm³/mol. The molecule has 4 aliphatic carbocycles. The Hall–Kier alpha value is -0.480. The molecule has 8 atom stereocenters. The lowest BCUT2D eigenvalue weighted by Crippen LogP contribution is -2.51. The Balaban J connectivity index is 1.33. The van der Waals surface area contributed by atoms with Gasteiger partial charge in [-0.2, -0.15) is 11.8 Å². The Labute approximate surface area is 226 Å². The van der Waals surface area contributed by atoms with Crippen LogP contribution in [0.4, 0.5) is 0 Å². The van der Waals surface area contributed by atoms with Gasteiger partial charge in [0.1, 0.15) is 0 Å². The fourth-order valence-corrected chi connectivity index (χ4v) is 10.0. The summed E-state index contributed by atoms with van der Waals surface area (Å²) in [6.07, 6.45) is 19.0. The molecule has 4 aliphatic rings. The molecule has 0 aromatic rings. The van der Waals surface area contributed by atoms with Gasteiger partial charge >= 0.3 is 5.97 Å². The molecule has 206 valence electrons. The summed E-state index contributed by atoms with van der Waals surface area (Å²) in [6, 6.07) is 0. The van der Waals surface area contributed by atoms with Crippen LogP contribution in [0.2, 0.25) is 0 Å². The standard InChI is InChI=1S/C32H54O3S/c1-22(2)8-6-9-23(3)27-12-13-28-26-11-10-24-20-25(35-18-7-19-36-21-30(33)34)14-16-31(24,4)29(26)15-17-32(27,28)5/h10,22-23,25-29H,6-9,11-21H2,1-5H3,(H,33,34)/t23-,25+,26?,27-,28?,29?,31+,32-/m1/s1. The van der Waals surface area contributed by atoms with Crippen molar-refractivity contribution in [1.82, 2.24) is 0 Å². The third-order valence-corrected chi connectivity index (χ3v) is 12.3. The minimum Gasteiger partial charge on any atom is -0.481 e. The van der Waals surface area contributed by atoms with E-state index in [1.807, 2.05) is 0 Å². The Morgan fingerprint density at radius 3 is 2.64 bits per heavy atom. The maximum Gasteiger partial charge on any atom is 0.313 e. The van der Waals surface area contributed by atoms with Crippen LogP contribution >= 0.6 is 11.8 Å². The van der Waals surface area contributed by atoms with Crippen molar-refractivity contribution in [3.63, 3.8) is 0 Å². The third-order valence-electron chi connectivity index (χ3n) is 11.3. The van der Waals surface area contributed by atoms with E-state index in [0.29, 0.717) is 16.9 Å². The molecule has 0 radical (unpaired) electrons. The molecule has 3 unspecified atom stereocenters. The van der Waals surface area contributed by atoms with Crippen LogP contribution in [-0.4, -0.2) is 35.3 Å². The lowest BCUT2D eigenvalue weighted by atomic mass is 9.47. The fraction of sp³-hybridized carbons (Fsp3) is 0.906. The highest BCUT2D eigenvalue weighted by molar-refractivity contribution is 7.99. The van der Waals surface area contributed by atoms with E-state index in [1.54, 1.807) is 5.57 Å². The highest BCUT2D eigenvalue weighted by Gasteiger charge is 2.59. The summed E-state index contributed by atoms with van der Waals surface area (Å²) in [6.45, 7) is 13.4. The Kier molecular flexibility index (Phi) is 9.62. The summed E-state index contributed by atoms with van der Waals surface area (Å²) >= 11 is 1.50. The van der Waals surface area contributed by atoms with Gasteiger partial charge < -0.3 is 9.84 Å². The summed E-state index contributed by atoms with van der Waals surface area (Å²) in [4.78, 5) is 10.7. The van der Waals surface area contributed by atoms with Gasteiger partial charge in [0.15, 0.2) is 0 Å². The first-order valence-corrected chi connectivity index (χ1v) is 16.4. The summed E-state index contributed by atoms with van der Waals surface area (Å²) < 4.78 is 6.29. The van der Waals surface area contributed by atoms with Crippen LogP contribution in [0.25, 0.3) is 0 Å². The molecular formula is C32H54O3S. The van der Waals surface area contributed by atoms with Crippen LogP contribution in [0.3, 0.4) is 0 Å². The summed E-state index contributed by atoms with van der Waals surface area (Å²) in [5, 5.41) is 8.78. The minimum atomic E-state index is -0.720. The number of hydrogen-bond donors (Lipinski definition) is 1. The number of ether oxygens (including phenoxy) is 1. The first-order chi connectivity index (χ1) is 17.1. The quantitative estimate of drug-likeness (QED) is 0.207. The second kappa shape index (κ2) is 12.1. The molecule has 0 aromatic heterocycles. The lowest BCUT2D eigenvalue weighted by Gasteiger charge is -2.58. The zero-order valence-electron chi connectivity index (χ0n) is 23.9. The van der Waals surface area contributed by atoms with E-state index in [2.05, 4.69) is 40.7 Å². The highest BCUT2D eigenvalue weighted by atomic mass is 32.2. The fourth-order valence-electron chi connectivity index (χ4n) is 9.36. The predicted octanol–water partition coefficient (Wildman–Crippen LogP) is 8.62. The van der Waals surface area contributed by atoms with E-state index < -0.39 is 5.97 Å². The van der Waals surface area contributed by atoms with Crippen molar-refractivity contribution < 1.29 is 14.6 Å². The topological polar surface area (TPSA) is 46.5 Å². The number of fused-ring (bicyclic) bond motifs is 5. The van der Waals surface area contributed by atoms with Gasteiger partial charge in [-0.15, -0.1) is 0 Å². The molecule has 0 aliphatic heterocycles.